The van der Waals surface area contributed by atoms with Gasteiger partial charge in [-0.05, 0) is 42.5 Å². The topological polar surface area (TPSA) is 51.1 Å². The molecule has 27 heavy (non-hydrogen) atoms. The monoisotopic (exact) mass is 424 g/mol. The van der Waals surface area contributed by atoms with Crippen LogP contribution in [0.5, 0.6) is 5.75 Å². The number of hydrogen-bond acceptors (Lipinski definition) is 3. The molecular weight excluding hydrogens is 410 g/mol. The van der Waals surface area contributed by atoms with Crippen LogP contribution in [0.25, 0.3) is 0 Å². The Balaban J connectivity index is 1.67. The second-order valence-electron chi connectivity index (χ2n) is 5.52. The lowest BCUT2D eigenvalue weighted by Crippen LogP contribution is -2.20. The fourth-order valence-electron chi connectivity index (χ4n) is 2.41. The van der Waals surface area contributed by atoms with E-state index in [2.05, 4.69) is 15.7 Å². The summed E-state index contributed by atoms with van der Waals surface area (Å²) in [6, 6.07) is 11.4. The van der Waals surface area contributed by atoms with Gasteiger partial charge >= 0.3 is 0 Å². The van der Waals surface area contributed by atoms with Crippen molar-refractivity contribution in [3.05, 3.63) is 70.1 Å². The highest BCUT2D eigenvalue weighted by molar-refractivity contribution is 7.80. The highest BCUT2D eigenvalue weighted by Crippen LogP contribution is 2.27. The van der Waals surface area contributed by atoms with E-state index in [1.807, 2.05) is 0 Å². The Bertz CT molecular complexity index is 959. The van der Waals surface area contributed by atoms with Crippen molar-refractivity contribution in [3.63, 3.8) is 0 Å². The Morgan fingerprint density at radius 3 is 2.78 bits per heavy atom. The molecule has 1 heterocycles. The molecule has 5 nitrogen and oxygen atoms in total. The van der Waals surface area contributed by atoms with Crippen LogP contribution in [-0.2, 0) is 6.54 Å². The fraction of sp³-hybridized carbons (Fsp3) is 0.111. The standard InChI is InChI=1S/C18H15Cl2FN4OS/c1-26-16-6-5-11(19)9-15(16)22-18(27)23-17-7-8-25(24-17)10-12-13(20)3-2-4-14(12)21/h2-9H,10H2,1H3,(H2,22,23,24,27). The molecule has 0 aliphatic heterocycles. The van der Waals surface area contributed by atoms with Gasteiger partial charge in [0.25, 0.3) is 0 Å². The molecule has 140 valence electrons. The summed E-state index contributed by atoms with van der Waals surface area (Å²) in [7, 11) is 1.56. The van der Waals surface area contributed by atoms with Crippen LogP contribution >= 0.6 is 35.4 Å². The van der Waals surface area contributed by atoms with Gasteiger partial charge in [-0.15, -0.1) is 0 Å². The molecule has 0 radical (unpaired) electrons. The maximum atomic E-state index is 13.9. The van der Waals surface area contributed by atoms with Crippen LogP contribution in [0.15, 0.2) is 48.7 Å². The normalized spacial score (nSPS) is 10.5. The molecule has 0 bridgehead atoms. The molecule has 0 aliphatic carbocycles. The first-order valence-corrected chi connectivity index (χ1v) is 9.00. The molecule has 2 aromatic carbocycles. The van der Waals surface area contributed by atoms with Crippen LogP contribution < -0.4 is 15.4 Å². The van der Waals surface area contributed by atoms with Gasteiger partial charge in [0.05, 0.1) is 19.3 Å². The van der Waals surface area contributed by atoms with Crippen molar-refractivity contribution in [1.82, 2.24) is 9.78 Å². The van der Waals surface area contributed by atoms with Gasteiger partial charge in [-0.1, -0.05) is 29.3 Å². The molecule has 2 N–H and O–H groups in total. The number of rotatable bonds is 5. The number of ether oxygens (including phenoxy) is 1. The molecule has 0 aliphatic rings. The minimum Gasteiger partial charge on any atom is -0.495 e. The van der Waals surface area contributed by atoms with E-state index in [4.69, 9.17) is 40.2 Å². The van der Waals surface area contributed by atoms with E-state index in [0.717, 1.165) is 0 Å². The molecule has 9 heteroatoms. The molecule has 1 aromatic heterocycles. The average molecular weight is 425 g/mol. The van der Waals surface area contributed by atoms with E-state index in [-0.39, 0.29) is 12.4 Å². The number of halogens is 3. The zero-order chi connectivity index (χ0) is 19.4. The third-order valence-corrected chi connectivity index (χ3v) is 4.47. The number of nitrogens with zero attached hydrogens (tertiary/aromatic N) is 2. The van der Waals surface area contributed by atoms with E-state index in [0.29, 0.717) is 38.0 Å². The zero-order valence-electron chi connectivity index (χ0n) is 14.2. The number of anilines is 2. The van der Waals surface area contributed by atoms with Gasteiger partial charge in [-0.25, -0.2) is 4.39 Å². The zero-order valence-corrected chi connectivity index (χ0v) is 16.5. The summed E-state index contributed by atoms with van der Waals surface area (Å²) in [5, 5.41) is 11.5. The van der Waals surface area contributed by atoms with Crippen molar-refractivity contribution in [3.8, 4) is 5.75 Å². The van der Waals surface area contributed by atoms with Crippen LogP contribution in [0, 0.1) is 5.82 Å². The first-order valence-electron chi connectivity index (χ1n) is 7.84. The SMILES string of the molecule is COc1ccc(Cl)cc1NC(=S)Nc1ccn(Cc2c(F)cccc2Cl)n1. The second-order valence-corrected chi connectivity index (χ2v) is 6.77. The van der Waals surface area contributed by atoms with Gasteiger partial charge in [-0.2, -0.15) is 5.10 Å². The third kappa shape index (κ3) is 4.88. The highest BCUT2D eigenvalue weighted by atomic mass is 35.5. The lowest BCUT2D eigenvalue weighted by molar-refractivity contribution is 0.417. The number of methoxy groups -OCH3 is 1. The maximum Gasteiger partial charge on any atom is 0.176 e. The Labute approximate surface area is 171 Å². The van der Waals surface area contributed by atoms with Gasteiger partial charge in [0, 0.05) is 27.9 Å². The molecule has 3 aromatic rings. The van der Waals surface area contributed by atoms with Gasteiger partial charge in [0.1, 0.15) is 11.6 Å². The van der Waals surface area contributed by atoms with Crippen molar-refractivity contribution >= 4 is 52.0 Å². The van der Waals surface area contributed by atoms with E-state index < -0.39 is 0 Å². The molecule has 0 unspecified atom stereocenters. The van der Waals surface area contributed by atoms with Gasteiger partial charge in [0.2, 0.25) is 0 Å². The summed E-state index contributed by atoms with van der Waals surface area (Å²) < 4.78 is 20.7. The summed E-state index contributed by atoms with van der Waals surface area (Å²) in [6.07, 6.45) is 1.70. The fourth-order valence-corrected chi connectivity index (χ4v) is 3.02. The van der Waals surface area contributed by atoms with Crippen molar-refractivity contribution in [1.29, 1.82) is 0 Å². The molecule has 0 saturated carbocycles. The number of hydrogen-bond donors (Lipinski definition) is 2. The van der Waals surface area contributed by atoms with Gasteiger partial charge in [-0.3, -0.25) is 4.68 Å². The number of thiocarbonyl (C=S) groups is 1. The number of aromatic nitrogens is 2. The van der Waals surface area contributed by atoms with E-state index in [1.54, 1.807) is 54.4 Å². The largest absolute Gasteiger partial charge is 0.495 e. The van der Waals surface area contributed by atoms with E-state index in [1.165, 1.54) is 6.07 Å². The summed E-state index contributed by atoms with van der Waals surface area (Å²) >= 11 is 17.4. The summed E-state index contributed by atoms with van der Waals surface area (Å²) in [5.74, 6) is 0.724. The predicted molar refractivity (Wildman–Crippen MR) is 111 cm³/mol. The molecule has 0 spiro atoms. The lowest BCUT2D eigenvalue weighted by Gasteiger charge is -2.12. The van der Waals surface area contributed by atoms with Gasteiger partial charge in [0.15, 0.2) is 10.9 Å². The minimum atomic E-state index is -0.377. The first-order chi connectivity index (χ1) is 13.0. The van der Waals surface area contributed by atoms with Crippen LogP contribution in [0.3, 0.4) is 0 Å². The Morgan fingerprint density at radius 1 is 1.22 bits per heavy atom. The van der Waals surface area contributed by atoms with Crippen molar-refractivity contribution in [2.45, 2.75) is 6.54 Å². The maximum absolute atomic E-state index is 13.9. The molecule has 0 fully saturated rings. The summed E-state index contributed by atoms with van der Waals surface area (Å²) in [5.41, 5.74) is 0.998. The van der Waals surface area contributed by atoms with Crippen molar-refractivity contribution < 1.29 is 9.13 Å². The predicted octanol–water partition coefficient (Wildman–Crippen LogP) is 5.19. The smallest absolute Gasteiger partial charge is 0.176 e. The highest BCUT2D eigenvalue weighted by Gasteiger charge is 2.10. The van der Waals surface area contributed by atoms with Crippen LogP contribution in [-0.4, -0.2) is 22.0 Å². The molecule has 0 atom stereocenters. The Kier molecular flexibility index (Phi) is 6.15. The molecule has 3 rings (SSSR count). The quantitative estimate of drug-likeness (QED) is 0.551. The third-order valence-electron chi connectivity index (χ3n) is 3.67. The van der Waals surface area contributed by atoms with Crippen molar-refractivity contribution in [2.24, 2.45) is 0 Å². The number of nitrogens with one attached hydrogen (secondary N) is 2. The minimum absolute atomic E-state index is 0.204. The molecular formula is C18H15Cl2FN4OS. The second kappa shape index (κ2) is 8.56. The van der Waals surface area contributed by atoms with E-state index >= 15 is 0 Å². The molecule has 0 amide bonds. The van der Waals surface area contributed by atoms with Crippen LogP contribution in [0.2, 0.25) is 10.0 Å². The van der Waals surface area contributed by atoms with E-state index in [9.17, 15) is 4.39 Å². The Morgan fingerprint density at radius 2 is 2.04 bits per heavy atom. The molecule has 0 saturated heterocycles. The number of benzene rings is 2. The summed E-state index contributed by atoms with van der Waals surface area (Å²) in [4.78, 5) is 0. The Hall–Kier alpha value is -2.35. The average Bonchev–Trinajstić information content (AvgIpc) is 3.05. The van der Waals surface area contributed by atoms with Gasteiger partial charge < -0.3 is 15.4 Å². The summed E-state index contributed by atoms with van der Waals surface area (Å²) in [6.45, 7) is 0.204. The van der Waals surface area contributed by atoms with Crippen LogP contribution in [0.1, 0.15) is 5.56 Å². The van der Waals surface area contributed by atoms with Crippen LogP contribution in [0.4, 0.5) is 15.9 Å². The van der Waals surface area contributed by atoms with Crippen molar-refractivity contribution in [2.75, 3.05) is 17.7 Å². The lowest BCUT2D eigenvalue weighted by atomic mass is 10.2. The first kappa shape index (κ1) is 19.4.